The first-order chi connectivity index (χ1) is 36.9. The quantitative estimate of drug-likeness (QED) is 0.0832. The van der Waals surface area contributed by atoms with E-state index in [2.05, 4.69) is 157 Å². The topological polar surface area (TPSA) is 251 Å². The molecule has 0 saturated carbocycles. The molecule has 8 aromatic rings. The highest BCUT2D eigenvalue weighted by atomic mass is 32.2. The van der Waals surface area contributed by atoms with Gasteiger partial charge in [0.05, 0.1) is 9.79 Å². The molecule has 0 aromatic heterocycles. The first-order valence-corrected chi connectivity index (χ1v) is 26.7. The van der Waals surface area contributed by atoms with Gasteiger partial charge in [-0.05, 0) is 12.1 Å². The molecule has 4 amide bonds. The number of benzene rings is 8. The Hall–Kier alpha value is -8.36. The lowest BCUT2D eigenvalue weighted by atomic mass is 9.78. The molecule has 0 spiro atoms. The van der Waals surface area contributed by atoms with Gasteiger partial charge in [0.25, 0.3) is 0 Å². The lowest BCUT2D eigenvalue weighted by molar-refractivity contribution is -0.455. The summed E-state index contributed by atoms with van der Waals surface area (Å²) in [5, 5.41) is -0.158. The maximum atomic E-state index is 11.0. The fourth-order valence-corrected chi connectivity index (χ4v) is 8.41. The third kappa shape index (κ3) is 21.0. The molecule has 78 heavy (non-hydrogen) atoms. The number of rotatable bonds is 12. The van der Waals surface area contributed by atoms with Gasteiger partial charge >= 0.3 is 0 Å². The number of hydrogen-bond acceptors (Lipinski definition) is 10. The Balaban J connectivity index is 0.000000341. The highest BCUT2D eigenvalue weighted by molar-refractivity contribution is 7.86. The third-order valence-corrected chi connectivity index (χ3v) is 12.6. The summed E-state index contributed by atoms with van der Waals surface area (Å²) in [5.74, 6) is 0. The number of carbonyl (C=O) groups is 4. The van der Waals surface area contributed by atoms with E-state index < -0.39 is 30.0 Å². The molecular formula is C60H70N6O10S2. The zero-order valence-corrected chi connectivity index (χ0v) is 46.8. The molecule has 0 unspecified atom stereocenters. The fraction of sp³-hybridized carbons (Fsp3) is 0.167. The van der Waals surface area contributed by atoms with Crippen molar-refractivity contribution in [3.05, 3.63) is 252 Å². The third-order valence-electron chi connectivity index (χ3n) is 10.8. The van der Waals surface area contributed by atoms with Crippen LogP contribution in [0.25, 0.3) is 10.8 Å². The van der Waals surface area contributed by atoms with Crippen molar-refractivity contribution in [2.24, 2.45) is 0 Å². The lowest BCUT2D eigenvalue weighted by Gasteiger charge is -2.27. The SMILES string of the molecule is CN(C)C=O.CN(C)C=O.CN(C)C=O.CN(C)C=O.O=S(=O)([O-])c1cccc2c(S(=O)(=O)[O-])cccc12.[NH3+]C(c1ccccc1)(c1ccccc1)c1ccccc1.[NH3+]C(c1ccccc1)(c1ccccc1)c1ccccc1. The van der Waals surface area contributed by atoms with Crippen LogP contribution in [0, 0.1) is 0 Å². The lowest BCUT2D eigenvalue weighted by Crippen LogP contribution is -2.71. The number of carbonyl (C=O) groups excluding carboxylic acids is 4. The number of amides is 4. The average Bonchev–Trinajstić information content (AvgIpc) is 3.59. The Bertz CT molecular complexity index is 2800. The van der Waals surface area contributed by atoms with Crippen LogP contribution in [0.4, 0.5) is 0 Å². The van der Waals surface area contributed by atoms with E-state index in [1.165, 1.54) is 77.2 Å². The molecule has 0 bridgehead atoms. The minimum atomic E-state index is -4.74. The van der Waals surface area contributed by atoms with E-state index in [-0.39, 0.29) is 21.9 Å². The predicted octanol–water partition coefficient (Wildman–Crippen LogP) is 5.91. The van der Waals surface area contributed by atoms with E-state index in [1.807, 2.05) is 36.4 Å². The van der Waals surface area contributed by atoms with Crippen LogP contribution in [0.15, 0.2) is 228 Å². The molecule has 412 valence electrons. The molecule has 16 nitrogen and oxygen atoms in total. The molecule has 18 heteroatoms. The van der Waals surface area contributed by atoms with Gasteiger partial charge in [0.15, 0.2) is 11.1 Å². The highest BCUT2D eigenvalue weighted by Crippen LogP contribution is 2.33. The summed E-state index contributed by atoms with van der Waals surface area (Å²) in [5.41, 5.74) is 15.7. The van der Waals surface area contributed by atoms with Gasteiger partial charge in [0, 0.05) is 101 Å². The summed E-state index contributed by atoms with van der Waals surface area (Å²) >= 11 is 0. The van der Waals surface area contributed by atoms with Gasteiger partial charge in [-0.3, -0.25) is 19.2 Å². The van der Waals surface area contributed by atoms with Gasteiger partial charge in [0.1, 0.15) is 20.2 Å². The number of nitrogens with zero attached hydrogens (tertiary/aromatic N) is 4. The second kappa shape index (κ2) is 32.9. The van der Waals surface area contributed by atoms with E-state index in [0.717, 1.165) is 37.8 Å². The summed E-state index contributed by atoms with van der Waals surface area (Å²) in [6.45, 7) is 0. The largest absolute Gasteiger partial charge is 0.744 e. The molecule has 0 atom stereocenters. The first-order valence-electron chi connectivity index (χ1n) is 23.9. The van der Waals surface area contributed by atoms with Gasteiger partial charge in [0.2, 0.25) is 25.6 Å². The van der Waals surface area contributed by atoms with E-state index in [1.54, 1.807) is 56.4 Å². The van der Waals surface area contributed by atoms with Crippen LogP contribution in [0.5, 0.6) is 0 Å². The summed E-state index contributed by atoms with van der Waals surface area (Å²) < 4.78 is 66.1. The maximum Gasteiger partial charge on any atom is 0.209 e. The van der Waals surface area contributed by atoms with Crippen molar-refractivity contribution < 1.29 is 56.6 Å². The van der Waals surface area contributed by atoms with Crippen LogP contribution >= 0.6 is 0 Å². The summed E-state index contributed by atoms with van der Waals surface area (Å²) in [6, 6.07) is 69.9. The van der Waals surface area contributed by atoms with Gasteiger partial charge < -0.3 is 40.2 Å². The van der Waals surface area contributed by atoms with Crippen molar-refractivity contribution >= 4 is 56.6 Å². The molecule has 0 saturated heterocycles. The Morgan fingerprint density at radius 1 is 0.308 bits per heavy atom. The van der Waals surface area contributed by atoms with Crippen molar-refractivity contribution in [3.8, 4) is 0 Å². The molecule has 0 radical (unpaired) electrons. The van der Waals surface area contributed by atoms with Crippen LogP contribution in [-0.2, 0) is 50.5 Å². The summed E-state index contributed by atoms with van der Waals surface area (Å²) in [6.07, 6.45) is 3.00. The fourth-order valence-electron chi connectivity index (χ4n) is 7.02. The minimum Gasteiger partial charge on any atom is -0.744 e. The molecule has 8 aromatic carbocycles. The van der Waals surface area contributed by atoms with E-state index in [4.69, 9.17) is 0 Å². The van der Waals surface area contributed by atoms with Crippen LogP contribution in [0.2, 0.25) is 0 Å². The van der Waals surface area contributed by atoms with Crippen LogP contribution < -0.4 is 11.5 Å². The second-order valence-electron chi connectivity index (χ2n) is 17.8. The van der Waals surface area contributed by atoms with E-state index in [0.29, 0.717) is 0 Å². The van der Waals surface area contributed by atoms with Crippen molar-refractivity contribution in [1.82, 2.24) is 19.6 Å². The molecule has 8 rings (SSSR count). The number of hydrogen-bond donors (Lipinski definition) is 2. The van der Waals surface area contributed by atoms with E-state index in [9.17, 15) is 45.1 Å². The Morgan fingerprint density at radius 2 is 0.462 bits per heavy atom. The van der Waals surface area contributed by atoms with Crippen LogP contribution in [0.1, 0.15) is 33.4 Å². The molecule has 0 aliphatic rings. The van der Waals surface area contributed by atoms with Gasteiger partial charge in [-0.2, -0.15) is 0 Å². The summed E-state index contributed by atoms with van der Waals surface area (Å²) in [7, 11) is 4.02. The monoisotopic (exact) mass is 1100 g/mol. The van der Waals surface area contributed by atoms with E-state index >= 15 is 0 Å². The number of quaternary nitrogens is 2. The predicted molar refractivity (Wildman–Crippen MR) is 303 cm³/mol. The van der Waals surface area contributed by atoms with Crippen LogP contribution in [-0.4, -0.2) is 128 Å². The van der Waals surface area contributed by atoms with Gasteiger partial charge in [-0.15, -0.1) is 0 Å². The normalized spacial score (nSPS) is 10.5. The standard InChI is InChI=1S/2C19H17N.C10H8O6S2.4C3H7NO/c2*20-19(16-10-4-1-5-11-16,17-12-6-2-7-13-17)18-14-8-3-9-15-18;11-17(12,13)9-5-1-3-7-8(9)4-2-6-10(7)18(14,15)16;4*1-4(2)3-5/h2*1-15H,20H2;1-6H,(H,11,12,13)(H,14,15,16);4*3H,1-2H3. The molecule has 0 aliphatic heterocycles. The number of fused-ring (bicyclic) bond motifs is 1. The Morgan fingerprint density at radius 3 is 0.590 bits per heavy atom. The maximum absolute atomic E-state index is 11.0. The van der Waals surface area contributed by atoms with Gasteiger partial charge in [-0.1, -0.05) is 206 Å². The molecule has 6 N–H and O–H groups in total. The molecule has 0 aliphatic carbocycles. The molecular weight excluding hydrogens is 1030 g/mol. The average molecular weight is 1100 g/mol. The smallest absolute Gasteiger partial charge is 0.209 e. The van der Waals surface area contributed by atoms with Crippen molar-refractivity contribution in [2.45, 2.75) is 20.9 Å². The highest BCUT2D eigenvalue weighted by Gasteiger charge is 2.37. The van der Waals surface area contributed by atoms with Crippen molar-refractivity contribution in [1.29, 1.82) is 0 Å². The Kier molecular flexibility index (Phi) is 27.8. The zero-order chi connectivity index (χ0) is 58.4. The van der Waals surface area contributed by atoms with Crippen molar-refractivity contribution in [2.75, 3.05) is 56.4 Å². The Labute approximate surface area is 459 Å². The summed E-state index contributed by atoms with van der Waals surface area (Å²) in [4.78, 5) is 42.4. The second-order valence-corrected chi connectivity index (χ2v) is 20.5. The molecule has 0 fully saturated rings. The molecule has 0 heterocycles. The van der Waals surface area contributed by atoms with Crippen LogP contribution in [0.3, 0.4) is 0 Å². The van der Waals surface area contributed by atoms with Crippen molar-refractivity contribution in [3.63, 3.8) is 0 Å². The first kappa shape index (κ1) is 65.8. The minimum absolute atomic E-state index is 0.0792. The van der Waals surface area contributed by atoms with Gasteiger partial charge in [-0.25, -0.2) is 16.8 Å². The zero-order valence-electron chi connectivity index (χ0n) is 45.2.